The molecule has 1 aliphatic heterocycles. The third kappa shape index (κ3) is 3.64. The Labute approximate surface area is 145 Å². The van der Waals surface area contributed by atoms with E-state index in [1.54, 1.807) is 0 Å². The molecule has 112 valence electrons. The van der Waals surface area contributed by atoms with E-state index in [-0.39, 0.29) is 6.04 Å². The van der Waals surface area contributed by atoms with Gasteiger partial charge in [-0.15, -0.1) is 0 Å². The van der Waals surface area contributed by atoms with Gasteiger partial charge in [-0.05, 0) is 82.7 Å². The molecule has 1 fully saturated rings. The lowest BCUT2D eigenvalue weighted by molar-refractivity contribution is 0.306. The summed E-state index contributed by atoms with van der Waals surface area (Å²) in [6.45, 7) is 3.01. The van der Waals surface area contributed by atoms with E-state index >= 15 is 0 Å². The van der Waals surface area contributed by atoms with E-state index < -0.39 is 0 Å². The molecule has 1 atom stereocenters. The third-order valence-electron chi connectivity index (χ3n) is 3.59. The van der Waals surface area contributed by atoms with Crippen molar-refractivity contribution in [3.8, 4) is 11.5 Å². The first-order valence-corrected chi connectivity index (χ1v) is 8.77. The van der Waals surface area contributed by atoms with Crippen LogP contribution in [0, 0.1) is 3.57 Å². The monoisotopic (exact) mass is 462 g/mol. The van der Waals surface area contributed by atoms with Gasteiger partial charge in [-0.2, -0.15) is 4.98 Å². The predicted octanol–water partition coefficient (Wildman–Crippen LogP) is 3.20. The van der Waals surface area contributed by atoms with Crippen molar-refractivity contribution in [1.29, 1.82) is 0 Å². The van der Waals surface area contributed by atoms with E-state index in [0.29, 0.717) is 11.7 Å². The molecule has 0 bridgehead atoms. The maximum Gasteiger partial charge on any atom is 0.259 e. The molecule has 21 heavy (non-hydrogen) atoms. The van der Waals surface area contributed by atoms with Crippen LogP contribution in [-0.2, 0) is 0 Å². The minimum absolute atomic E-state index is 0.206. The Bertz CT molecular complexity index is 627. The van der Waals surface area contributed by atoms with Crippen molar-refractivity contribution in [3.05, 3.63) is 32.1 Å². The number of halogens is 2. The zero-order valence-electron chi connectivity index (χ0n) is 11.4. The molecule has 1 aliphatic rings. The van der Waals surface area contributed by atoms with Crippen LogP contribution in [0.5, 0.6) is 0 Å². The summed E-state index contributed by atoms with van der Waals surface area (Å²) in [6, 6.07) is 5.80. The molecule has 0 aliphatic carbocycles. The summed E-state index contributed by atoms with van der Waals surface area (Å²) in [5.74, 6) is 1.08. The lowest BCUT2D eigenvalue weighted by atomic mass is 10.2. The molecule has 0 radical (unpaired) electrons. The summed E-state index contributed by atoms with van der Waals surface area (Å²) in [5.41, 5.74) is 7.09. The maximum atomic E-state index is 6.19. The van der Waals surface area contributed by atoms with E-state index in [4.69, 9.17) is 10.3 Å². The highest BCUT2D eigenvalue weighted by Crippen LogP contribution is 2.29. The second-order valence-corrected chi connectivity index (χ2v) is 7.30. The van der Waals surface area contributed by atoms with Gasteiger partial charge in [0, 0.05) is 14.6 Å². The minimum atomic E-state index is -0.206. The average Bonchev–Trinajstić information content (AvgIpc) is 3.12. The zero-order chi connectivity index (χ0) is 14.8. The van der Waals surface area contributed by atoms with Crippen molar-refractivity contribution < 1.29 is 4.52 Å². The Balaban J connectivity index is 1.77. The molecule has 0 spiro atoms. The van der Waals surface area contributed by atoms with Gasteiger partial charge in [0.05, 0.1) is 11.6 Å². The molecule has 1 saturated heterocycles. The van der Waals surface area contributed by atoms with Crippen molar-refractivity contribution in [3.63, 3.8) is 0 Å². The van der Waals surface area contributed by atoms with Crippen molar-refractivity contribution in [1.82, 2.24) is 15.0 Å². The highest BCUT2D eigenvalue weighted by Gasteiger charge is 2.21. The number of aromatic nitrogens is 2. The molecule has 1 aromatic carbocycles. The predicted molar refractivity (Wildman–Crippen MR) is 92.8 cm³/mol. The summed E-state index contributed by atoms with van der Waals surface area (Å²) < 4.78 is 7.43. The molecule has 5 nitrogen and oxygen atoms in total. The Morgan fingerprint density at radius 3 is 2.90 bits per heavy atom. The number of rotatable bonds is 4. The molecule has 2 aromatic rings. The highest BCUT2D eigenvalue weighted by atomic mass is 127. The van der Waals surface area contributed by atoms with Crippen molar-refractivity contribution in [2.24, 2.45) is 5.73 Å². The van der Waals surface area contributed by atoms with Gasteiger partial charge in [0.1, 0.15) is 0 Å². The summed E-state index contributed by atoms with van der Waals surface area (Å²) in [6.07, 6.45) is 2.50. The van der Waals surface area contributed by atoms with Crippen LogP contribution in [0.3, 0.4) is 0 Å². The second kappa shape index (κ2) is 6.72. The summed E-state index contributed by atoms with van der Waals surface area (Å²) in [4.78, 5) is 6.81. The lowest BCUT2D eigenvalue weighted by Crippen LogP contribution is -2.30. The van der Waals surface area contributed by atoms with Gasteiger partial charge >= 0.3 is 0 Å². The largest absolute Gasteiger partial charge is 0.334 e. The van der Waals surface area contributed by atoms with Gasteiger partial charge in [-0.25, -0.2) is 0 Å². The fourth-order valence-electron chi connectivity index (χ4n) is 2.48. The normalized spacial score (nSPS) is 17.3. The Morgan fingerprint density at radius 1 is 1.38 bits per heavy atom. The van der Waals surface area contributed by atoms with Crippen LogP contribution < -0.4 is 5.73 Å². The van der Waals surface area contributed by atoms with Gasteiger partial charge in [0.15, 0.2) is 5.82 Å². The standard InChI is InChI=1S/C14H16BrIN4O/c15-11-4-3-9(16)7-10(11)14-18-13(19-21-14)12(17)8-20-5-1-2-6-20/h3-4,7,12H,1-2,5-6,8,17H2. The van der Waals surface area contributed by atoms with Crippen molar-refractivity contribution >= 4 is 38.5 Å². The minimum Gasteiger partial charge on any atom is -0.334 e. The average molecular weight is 463 g/mol. The van der Waals surface area contributed by atoms with Crippen LogP contribution in [0.2, 0.25) is 0 Å². The van der Waals surface area contributed by atoms with Crippen LogP contribution in [-0.4, -0.2) is 34.7 Å². The first kappa shape index (κ1) is 15.4. The van der Waals surface area contributed by atoms with Crippen LogP contribution in [0.25, 0.3) is 11.5 Å². The fourth-order valence-corrected chi connectivity index (χ4v) is 3.39. The maximum absolute atomic E-state index is 6.19. The lowest BCUT2D eigenvalue weighted by Gasteiger charge is -2.17. The summed E-state index contributed by atoms with van der Waals surface area (Å²) in [5, 5.41) is 4.04. The number of benzene rings is 1. The molecule has 0 saturated carbocycles. The van der Waals surface area contributed by atoms with Crippen LogP contribution in [0.15, 0.2) is 27.2 Å². The van der Waals surface area contributed by atoms with E-state index in [9.17, 15) is 0 Å². The number of nitrogens with two attached hydrogens (primary N) is 1. The fraction of sp³-hybridized carbons (Fsp3) is 0.429. The first-order chi connectivity index (χ1) is 10.1. The van der Waals surface area contributed by atoms with E-state index in [1.807, 2.05) is 18.2 Å². The van der Waals surface area contributed by atoms with Crippen LogP contribution in [0.4, 0.5) is 0 Å². The molecular formula is C14H16BrIN4O. The van der Waals surface area contributed by atoms with E-state index in [2.05, 4.69) is 53.6 Å². The number of hydrogen-bond donors (Lipinski definition) is 1. The van der Waals surface area contributed by atoms with E-state index in [1.165, 1.54) is 12.8 Å². The topological polar surface area (TPSA) is 68.2 Å². The van der Waals surface area contributed by atoms with Gasteiger partial charge < -0.3 is 15.2 Å². The Morgan fingerprint density at radius 2 is 2.14 bits per heavy atom. The molecule has 1 aromatic heterocycles. The second-order valence-electron chi connectivity index (χ2n) is 5.20. The molecular weight excluding hydrogens is 447 g/mol. The van der Waals surface area contributed by atoms with Gasteiger partial charge in [0.25, 0.3) is 5.89 Å². The molecule has 0 amide bonds. The smallest absolute Gasteiger partial charge is 0.259 e. The Kier molecular flexibility index (Phi) is 4.92. The highest BCUT2D eigenvalue weighted by molar-refractivity contribution is 14.1. The van der Waals surface area contributed by atoms with Gasteiger partial charge in [0.2, 0.25) is 0 Å². The zero-order valence-corrected chi connectivity index (χ0v) is 15.2. The van der Waals surface area contributed by atoms with Crippen LogP contribution >= 0.6 is 38.5 Å². The van der Waals surface area contributed by atoms with Gasteiger partial charge in [-0.3, -0.25) is 0 Å². The number of nitrogens with zero attached hydrogens (tertiary/aromatic N) is 3. The van der Waals surface area contributed by atoms with Crippen molar-refractivity contribution in [2.75, 3.05) is 19.6 Å². The van der Waals surface area contributed by atoms with E-state index in [0.717, 1.165) is 33.2 Å². The number of hydrogen-bond acceptors (Lipinski definition) is 5. The molecule has 3 rings (SSSR count). The quantitative estimate of drug-likeness (QED) is 0.706. The summed E-state index contributed by atoms with van der Waals surface area (Å²) >= 11 is 5.77. The Hall–Kier alpha value is -0.510. The number of likely N-dealkylation sites (tertiary alicyclic amines) is 1. The third-order valence-corrected chi connectivity index (χ3v) is 4.95. The first-order valence-electron chi connectivity index (χ1n) is 6.90. The molecule has 2 N–H and O–H groups in total. The SMILES string of the molecule is NC(CN1CCCC1)c1noc(-c2cc(I)ccc2Br)n1. The van der Waals surface area contributed by atoms with Crippen LogP contribution in [0.1, 0.15) is 24.7 Å². The molecule has 2 heterocycles. The summed E-state index contributed by atoms with van der Waals surface area (Å²) in [7, 11) is 0. The van der Waals surface area contributed by atoms with Crippen molar-refractivity contribution in [2.45, 2.75) is 18.9 Å². The van der Waals surface area contributed by atoms with Gasteiger partial charge in [-0.1, -0.05) is 5.16 Å². The molecule has 7 heteroatoms. The molecule has 1 unspecified atom stereocenters.